The Hall–Kier alpha value is -1.35. The molecule has 1 aliphatic carbocycles. The zero-order chi connectivity index (χ0) is 13.0. The predicted octanol–water partition coefficient (Wildman–Crippen LogP) is 2.18. The quantitative estimate of drug-likeness (QED) is 0.855. The van der Waals surface area contributed by atoms with Crippen LogP contribution in [0.15, 0.2) is 24.3 Å². The molecule has 1 atom stereocenters. The van der Waals surface area contributed by atoms with Crippen LogP contribution in [0.3, 0.4) is 0 Å². The van der Waals surface area contributed by atoms with E-state index >= 15 is 0 Å². The van der Waals surface area contributed by atoms with Crippen molar-refractivity contribution < 1.29 is 4.79 Å². The lowest BCUT2D eigenvalue weighted by molar-refractivity contribution is -0.120. The average molecular weight is 246 g/mol. The van der Waals surface area contributed by atoms with Crippen molar-refractivity contribution >= 4 is 5.91 Å². The number of carbonyl (C=O) groups is 1. The van der Waals surface area contributed by atoms with Crippen LogP contribution >= 0.6 is 0 Å². The van der Waals surface area contributed by atoms with Gasteiger partial charge in [0.15, 0.2) is 0 Å². The molecule has 0 saturated carbocycles. The standard InChI is InChI=1S/C15H22N2O/c1-11(2)17-15(18)10-16-14-9-5-7-12-6-3-4-8-13(12)14/h3-4,6,8,11,14,16H,5,7,9-10H2,1-2H3,(H,17,18)/t14-/m1/s1. The normalized spacial score (nSPS) is 18.5. The number of carbonyl (C=O) groups excluding carboxylic acids is 1. The van der Waals surface area contributed by atoms with E-state index in [-0.39, 0.29) is 11.9 Å². The number of benzene rings is 1. The molecule has 3 heteroatoms. The zero-order valence-corrected chi connectivity index (χ0v) is 11.2. The Bertz CT molecular complexity index is 415. The van der Waals surface area contributed by atoms with Gasteiger partial charge >= 0.3 is 0 Å². The summed E-state index contributed by atoms with van der Waals surface area (Å²) in [6.07, 6.45) is 3.47. The van der Waals surface area contributed by atoms with Gasteiger partial charge in [0.2, 0.25) is 5.91 Å². The van der Waals surface area contributed by atoms with E-state index < -0.39 is 0 Å². The van der Waals surface area contributed by atoms with Crippen LogP contribution in [0.25, 0.3) is 0 Å². The summed E-state index contributed by atoms with van der Waals surface area (Å²) < 4.78 is 0. The lowest BCUT2D eigenvalue weighted by atomic mass is 9.88. The van der Waals surface area contributed by atoms with Crippen molar-refractivity contribution in [2.75, 3.05) is 6.54 Å². The second-order valence-electron chi connectivity index (χ2n) is 5.25. The summed E-state index contributed by atoms with van der Waals surface area (Å²) in [6, 6.07) is 9.06. The van der Waals surface area contributed by atoms with Crippen LogP contribution in [-0.4, -0.2) is 18.5 Å². The monoisotopic (exact) mass is 246 g/mol. The SMILES string of the molecule is CC(C)NC(=O)CN[C@@H]1CCCc2ccccc21. The van der Waals surface area contributed by atoms with Gasteiger partial charge in [0, 0.05) is 12.1 Å². The Balaban J connectivity index is 1.93. The minimum absolute atomic E-state index is 0.0769. The first-order chi connectivity index (χ1) is 8.66. The lowest BCUT2D eigenvalue weighted by Crippen LogP contribution is -2.39. The molecule has 0 radical (unpaired) electrons. The predicted molar refractivity (Wildman–Crippen MR) is 73.4 cm³/mol. The van der Waals surface area contributed by atoms with Gasteiger partial charge in [0.05, 0.1) is 6.54 Å². The molecule has 0 fully saturated rings. The fourth-order valence-corrected chi connectivity index (χ4v) is 2.55. The molecule has 0 bridgehead atoms. The van der Waals surface area contributed by atoms with Crippen molar-refractivity contribution in [3.8, 4) is 0 Å². The maximum absolute atomic E-state index is 11.6. The number of nitrogens with one attached hydrogen (secondary N) is 2. The number of amides is 1. The molecular formula is C15H22N2O. The Kier molecular flexibility index (Phi) is 4.37. The van der Waals surface area contributed by atoms with Gasteiger partial charge in [-0.25, -0.2) is 0 Å². The maximum Gasteiger partial charge on any atom is 0.234 e. The van der Waals surface area contributed by atoms with E-state index in [1.165, 1.54) is 17.5 Å². The number of rotatable bonds is 4. The smallest absolute Gasteiger partial charge is 0.234 e. The highest BCUT2D eigenvalue weighted by atomic mass is 16.1. The summed E-state index contributed by atoms with van der Waals surface area (Å²) in [7, 11) is 0. The zero-order valence-electron chi connectivity index (χ0n) is 11.2. The summed E-state index contributed by atoms with van der Waals surface area (Å²) >= 11 is 0. The van der Waals surface area contributed by atoms with Crippen LogP contribution in [0.5, 0.6) is 0 Å². The molecule has 0 unspecified atom stereocenters. The van der Waals surface area contributed by atoms with Crippen molar-refractivity contribution in [1.29, 1.82) is 0 Å². The molecule has 1 aromatic rings. The third-order valence-electron chi connectivity index (χ3n) is 3.33. The van der Waals surface area contributed by atoms with Crippen molar-refractivity contribution in [2.45, 2.75) is 45.2 Å². The minimum atomic E-state index is 0.0769. The van der Waals surface area contributed by atoms with E-state index in [0.717, 1.165) is 12.8 Å². The van der Waals surface area contributed by atoms with Gasteiger partial charge < -0.3 is 10.6 Å². The summed E-state index contributed by atoms with van der Waals surface area (Å²) in [5.41, 5.74) is 2.78. The largest absolute Gasteiger partial charge is 0.353 e. The molecule has 0 heterocycles. The Morgan fingerprint density at radius 2 is 2.17 bits per heavy atom. The molecule has 2 N–H and O–H groups in total. The lowest BCUT2D eigenvalue weighted by Gasteiger charge is -2.26. The molecule has 3 nitrogen and oxygen atoms in total. The van der Waals surface area contributed by atoms with Gasteiger partial charge in [0.25, 0.3) is 0 Å². The van der Waals surface area contributed by atoms with Crippen molar-refractivity contribution in [3.63, 3.8) is 0 Å². The summed E-state index contributed by atoms with van der Waals surface area (Å²) in [5.74, 6) is 0.0769. The molecule has 1 aromatic carbocycles. The number of hydrogen-bond donors (Lipinski definition) is 2. The van der Waals surface area contributed by atoms with Crippen molar-refractivity contribution in [3.05, 3.63) is 35.4 Å². The molecule has 98 valence electrons. The molecular weight excluding hydrogens is 224 g/mol. The third kappa shape index (κ3) is 3.33. The molecule has 0 aliphatic heterocycles. The second kappa shape index (κ2) is 6.01. The van der Waals surface area contributed by atoms with Gasteiger partial charge in [-0.15, -0.1) is 0 Å². The van der Waals surface area contributed by atoms with E-state index in [4.69, 9.17) is 0 Å². The highest BCUT2D eigenvalue weighted by Crippen LogP contribution is 2.29. The molecule has 18 heavy (non-hydrogen) atoms. The van der Waals surface area contributed by atoms with Crippen LogP contribution in [-0.2, 0) is 11.2 Å². The van der Waals surface area contributed by atoms with Gasteiger partial charge in [-0.3, -0.25) is 4.79 Å². The maximum atomic E-state index is 11.6. The van der Waals surface area contributed by atoms with Crippen molar-refractivity contribution in [2.24, 2.45) is 0 Å². The van der Waals surface area contributed by atoms with Gasteiger partial charge in [0.1, 0.15) is 0 Å². The van der Waals surface area contributed by atoms with Gasteiger partial charge in [-0.1, -0.05) is 24.3 Å². The van der Waals surface area contributed by atoms with E-state index in [1.807, 2.05) is 13.8 Å². The van der Waals surface area contributed by atoms with Crippen LogP contribution < -0.4 is 10.6 Å². The van der Waals surface area contributed by atoms with Crippen LogP contribution in [0.4, 0.5) is 0 Å². The fraction of sp³-hybridized carbons (Fsp3) is 0.533. The highest BCUT2D eigenvalue weighted by Gasteiger charge is 2.19. The molecule has 0 aromatic heterocycles. The summed E-state index contributed by atoms with van der Waals surface area (Å²) in [6.45, 7) is 4.36. The Morgan fingerprint density at radius 1 is 1.39 bits per heavy atom. The number of aryl methyl sites for hydroxylation is 1. The first kappa shape index (κ1) is 13.1. The topological polar surface area (TPSA) is 41.1 Å². The number of hydrogen-bond acceptors (Lipinski definition) is 2. The molecule has 0 saturated heterocycles. The van der Waals surface area contributed by atoms with Crippen molar-refractivity contribution in [1.82, 2.24) is 10.6 Å². The average Bonchev–Trinajstić information content (AvgIpc) is 2.35. The van der Waals surface area contributed by atoms with E-state index in [1.54, 1.807) is 0 Å². The van der Waals surface area contributed by atoms with Crippen LogP contribution in [0.1, 0.15) is 43.9 Å². The molecule has 0 spiro atoms. The summed E-state index contributed by atoms with van der Waals surface area (Å²) in [4.78, 5) is 11.6. The molecule has 1 aliphatic rings. The van der Waals surface area contributed by atoms with E-state index in [2.05, 4.69) is 34.9 Å². The fourth-order valence-electron chi connectivity index (χ4n) is 2.55. The Morgan fingerprint density at radius 3 is 2.94 bits per heavy atom. The van der Waals surface area contributed by atoms with E-state index in [0.29, 0.717) is 12.6 Å². The Labute approximate surface area is 109 Å². The third-order valence-corrected chi connectivity index (χ3v) is 3.33. The number of fused-ring (bicyclic) bond motifs is 1. The van der Waals surface area contributed by atoms with Gasteiger partial charge in [-0.2, -0.15) is 0 Å². The molecule has 1 amide bonds. The van der Waals surface area contributed by atoms with Crippen LogP contribution in [0.2, 0.25) is 0 Å². The van der Waals surface area contributed by atoms with E-state index in [9.17, 15) is 4.79 Å². The second-order valence-corrected chi connectivity index (χ2v) is 5.25. The first-order valence-corrected chi connectivity index (χ1v) is 6.77. The highest BCUT2D eigenvalue weighted by molar-refractivity contribution is 5.78. The first-order valence-electron chi connectivity index (χ1n) is 6.77. The minimum Gasteiger partial charge on any atom is -0.353 e. The molecule has 2 rings (SSSR count). The van der Waals surface area contributed by atoms with Gasteiger partial charge in [-0.05, 0) is 44.2 Å². The van der Waals surface area contributed by atoms with Crippen LogP contribution in [0, 0.1) is 0 Å². The summed E-state index contributed by atoms with van der Waals surface area (Å²) in [5, 5.41) is 6.28.